The summed E-state index contributed by atoms with van der Waals surface area (Å²) >= 11 is 21.6. The molecule has 0 radical (unpaired) electrons. The molecule has 0 atom stereocenters. The first kappa shape index (κ1) is 22.0. The Balaban J connectivity index is 1.64. The number of hydrogen-bond acceptors (Lipinski definition) is 4. The Kier molecular flexibility index (Phi) is 7.16. The maximum Gasteiger partial charge on any atom is 0.289 e. The van der Waals surface area contributed by atoms with E-state index in [4.69, 9.17) is 44.0 Å². The van der Waals surface area contributed by atoms with Gasteiger partial charge in [0, 0.05) is 24.8 Å². The second-order valence-electron chi connectivity index (χ2n) is 6.19. The normalized spacial score (nSPS) is 11.0. The van der Waals surface area contributed by atoms with E-state index in [0.717, 1.165) is 16.7 Å². The van der Waals surface area contributed by atoms with Crippen molar-refractivity contribution in [2.45, 2.75) is 26.6 Å². The van der Waals surface area contributed by atoms with E-state index >= 15 is 0 Å². The van der Waals surface area contributed by atoms with Crippen LogP contribution in [-0.4, -0.2) is 27.6 Å². The van der Waals surface area contributed by atoms with E-state index in [2.05, 4.69) is 21.0 Å². The zero-order valence-corrected chi connectivity index (χ0v) is 19.4. The number of benzene rings is 1. The first-order valence-electron chi connectivity index (χ1n) is 8.61. The minimum Gasteiger partial charge on any atom is -0.483 e. The average molecular weight is 522 g/mol. The van der Waals surface area contributed by atoms with Crippen molar-refractivity contribution in [3.05, 3.63) is 67.2 Å². The molecule has 2 heterocycles. The number of ether oxygens (including phenoxy) is 1. The molecular weight excluding hydrogens is 504 g/mol. The van der Waals surface area contributed by atoms with Gasteiger partial charge in [-0.25, -0.2) is 0 Å². The molecule has 0 N–H and O–H groups in total. The van der Waals surface area contributed by atoms with Crippen molar-refractivity contribution in [2.24, 2.45) is 0 Å². The van der Waals surface area contributed by atoms with Gasteiger partial charge in [0.2, 0.25) is 0 Å². The number of hydrogen-bond donors (Lipinski definition) is 0. The van der Waals surface area contributed by atoms with E-state index in [-0.39, 0.29) is 18.3 Å². The first-order chi connectivity index (χ1) is 13.8. The zero-order chi connectivity index (χ0) is 21.1. The second kappa shape index (κ2) is 9.43. The van der Waals surface area contributed by atoms with Crippen molar-refractivity contribution in [3.8, 4) is 5.75 Å². The van der Waals surface area contributed by atoms with Crippen LogP contribution in [0.4, 0.5) is 0 Å². The molecular formula is C19H17BrCl3N3O3. The number of rotatable bonds is 7. The lowest BCUT2D eigenvalue weighted by molar-refractivity contribution is 0.0747. The van der Waals surface area contributed by atoms with Crippen molar-refractivity contribution in [2.75, 3.05) is 7.05 Å². The number of carbonyl (C=O) groups excluding carboxylic acids is 1. The Morgan fingerprint density at radius 3 is 2.59 bits per heavy atom. The maximum absolute atomic E-state index is 12.7. The summed E-state index contributed by atoms with van der Waals surface area (Å²) in [6, 6.07) is 6.34. The van der Waals surface area contributed by atoms with Gasteiger partial charge in [0.15, 0.2) is 11.5 Å². The number of furan rings is 1. The van der Waals surface area contributed by atoms with Gasteiger partial charge in [-0.2, -0.15) is 5.10 Å². The van der Waals surface area contributed by atoms with Crippen LogP contribution in [0, 0.1) is 0 Å². The highest BCUT2D eigenvalue weighted by atomic mass is 79.9. The topological polar surface area (TPSA) is 60.5 Å². The summed E-state index contributed by atoms with van der Waals surface area (Å²) in [5.74, 6) is 0.693. The minimum absolute atomic E-state index is 0.0600. The quantitative estimate of drug-likeness (QED) is 0.379. The Labute approximate surface area is 191 Å². The molecule has 2 aromatic heterocycles. The molecule has 6 nitrogen and oxygen atoms in total. The van der Waals surface area contributed by atoms with Gasteiger partial charge in [0.25, 0.3) is 5.91 Å². The summed E-state index contributed by atoms with van der Waals surface area (Å²) in [7, 11) is 1.69. The fourth-order valence-electron chi connectivity index (χ4n) is 2.57. The van der Waals surface area contributed by atoms with Crippen LogP contribution in [0.3, 0.4) is 0 Å². The standard InChI is InChI=1S/C19H17BrCl3N3O3/c1-3-26-8-13(20)16(24-26)9-25(2)19(27)17-5-4-12(29-17)10-28-18-14(22)6-11(21)7-15(18)23/h4-8H,3,9-10H2,1-2H3. The van der Waals surface area contributed by atoms with Crippen LogP contribution in [0.15, 0.2) is 39.4 Å². The number of carbonyl (C=O) groups is 1. The third kappa shape index (κ3) is 5.28. The molecule has 3 rings (SSSR count). The van der Waals surface area contributed by atoms with Gasteiger partial charge in [-0.15, -0.1) is 0 Å². The van der Waals surface area contributed by atoms with Gasteiger partial charge in [0.05, 0.1) is 26.8 Å². The summed E-state index contributed by atoms with van der Waals surface area (Å²) in [4.78, 5) is 14.2. The SMILES string of the molecule is CCn1cc(Br)c(CN(C)C(=O)c2ccc(COc3c(Cl)cc(Cl)cc3Cl)o2)n1. The molecule has 0 spiro atoms. The number of aromatic nitrogens is 2. The summed E-state index contributed by atoms with van der Waals surface area (Å²) < 4.78 is 13.9. The van der Waals surface area contributed by atoms with Crippen molar-refractivity contribution in [3.63, 3.8) is 0 Å². The Morgan fingerprint density at radius 2 is 1.97 bits per heavy atom. The lowest BCUT2D eigenvalue weighted by Gasteiger charge is -2.14. The fourth-order valence-corrected chi connectivity index (χ4v) is 3.94. The number of halogens is 4. The molecule has 1 aromatic carbocycles. The largest absolute Gasteiger partial charge is 0.483 e. The highest BCUT2D eigenvalue weighted by Gasteiger charge is 2.19. The zero-order valence-electron chi connectivity index (χ0n) is 15.6. The van der Waals surface area contributed by atoms with Crippen molar-refractivity contribution >= 4 is 56.6 Å². The van der Waals surface area contributed by atoms with Gasteiger partial charge in [-0.1, -0.05) is 34.8 Å². The van der Waals surface area contributed by atoms with Crippen LogP contribution in [0.5, 0.6) is 5.75 Å². The lowest BCUT2D eigenvalue weighted by Crippen LogP contribution is -2.26. The molecule has 0 aliphatic rings. The summed E-state index contributed by atoms with van der Waals surface area (Å²) in [5.41, 5.74) is 0.768. The highest BCUT2D eigenvalue weighted by molar-refractivity contribution is 9.10. The van der Waals surface area contributed by atoms with Crippen LogP contribution in [-0.2, 0) is 19.7 Å². The van der Waals surface area contributed by atoms with Crippen LogP contribution in [0.2, 0.25) is 15.1 Å². The summed E-state index contributed by atoms with van der Waals surface area (Å²) in [5, 5.41) is 5.43. The van der Waals surface area contributed by atoms with E-state index in [9.17, 15) is 4.79 Å². The molecule has 0 saturated carbocycles. The average Bonchev–Trinajstić information content (AvgIpc) is 3.27. The molecule has 0 aliphatic heterocycles. The summed E-state index contributed by atoms with van der Waals surface area (Å²) in [6.45, 7) is 3.15. The maximum atomic E-state index is 12.7. The molecule has 3 aromatic rings. The van der Waals surface area contributed by atoms with Gasteiger partial charge in [-0.3, -0.25) is 9.48 Å². The molecule has 29 heavy (non-hydrogen) atoms. The van der Waals surface area contributed by atoms with E-state index in [1.54, 1.807) is 23.9 Å². The predicted octanol–water partition coefficient (Wildman–Crippen LogP) is 6.07. The van der Waals surface area contributed by atoms with Gasteiger partial charge in [0.1, 0.15) is 12.4 Å². The first-order valence-corrected chi connectivity index (χ1v) is 10.5. The van der Waals surface area contributed by atoms with E-state index in [0.29, 0.717) is 33.1 Å². The number of nitrogens with zero attached hydrogens (tertiary/aromatic N) is 3. The Bertz CT molecular complexity index is 1010. The fraction of sp³-hybridized carbons (Fsp3) is 0.263. The third-order valence-electron chi connectivity index (χ3n) is 4.04. The van der Waals surface area contributed by atoms with Gasteiger partial charge >= 0.3 is 0 Å². The smallest absolute Gasteiger partial charge is 0.289 e. The molecule has 0 saturated heterocycles. The van der Waals surface area contributed by atoms with Crippen molar-refractivity contribution < 1.29 is 13.9 Å². The lowest BCUT2D eigenvalue weighted by atomic mass is 10.3. The van der Waals surface area contributed by atoms with E-state index < -0.39 is 0 Å². The molecule has 0 aliphatic carbocycles. The molecule has 0 fully saturated rings. The monoisotopic (exact) mass is 519 g/mol. The second-order valence-corrected chi connectivity index (χ2v) is 8.30. The molecule has 10 heteroatoms. The predicted molar refractivity (Wildman–Crippen MR) is 116 cm³/mol. The van der Waals surface area contributed by atoms with Crippen LogP contribution in [0.25, 0.3) is 0 Å². The van der Waals surface area contributed by atoms with Crippen molar-refractivity contribution in [1.82, 2.24) is 14.7 Å². The Hall–Kier alpha value is -1.67. The third-order valence-corrected chi connectivity index (χ3v) is 5.48. The van der Waals surface area contributed by atoms with Gasteiger partial charge < -0.3 is 14.1 Å². The van der Waals surface area contributed by atoms with Crippen molar-refractivity contribution in [1.29, 1.82) is 0 Å². The molecule has 0 unspecified atom stereocenters. The van der Waals surface area contributed by atoms with Crippen LogP contribution >= 0.6 is 50.7 Å². The molecule has 0 bridgehead atoms. The van der Waals surface area contributed by atoms with E-state index in [1.807, 2.05) is 13.1 Å². The Morgan fingerprint density at radius 1 is 1.28 bits per heavy atom. The van der Waals surface area contributed by atoms with Gasteiger partial charge in [-0.05, 0) is 47.1 Å². The number of amides is 1. The number of aryl methyl sites for hydroxylation is 1. The van der Waals surface area contributed by atoms with E-state index in [1.165, 1.54) is 17.0 Å². The van der Waals surface area contributed by atoms with Crippen LogP contribution in [0.1, 0.15) is 28.9 Å². The van der Waals surface area contributed by atoms with Crippen LogP contribution < -0.4 is 4.74 Å². The molecule has 1 amide bonds. The summed E-state index contributed by atoms with van der Waals surface area (Å²) in [6.07, 6.45) is 1.88. The highest BCUT2D eigenvalue weighted by Crippen LogP contribution is 2.36. The molecule has 154 valence electrons. The minimum atomic E-state index is -0.267.